The van der Waals surface area contributed by atoms with E-state index in [0.29, 0.717) is 0 Å². The predicted octanol–water partition coefficient (Wildman–Crippen LogP) is 3.58. The van der Waals surface area contributed by atoms with Crippen LogP contribution in [0.2, 0.25) is 0 Å². The topological polar surface area (TPSA) is 0 Å². The van der Waals surface area contributed by atoms with Crippen LogP contribution >= 0.6 is 15.9 Å². The molecule has 2 rings (SSSR count). The molecule has 1 aliphatic rings. The predicted molar refractivity (Wildman–Crippen MR) is 60.4 cm³/mol. The van der Waals surface area contributed by atoms with E-state index in [1.54, 1.807) is 11.1 Å². The lowest BCUT2D eigenvalue weighted by Crippen LogP contribution is -2.14. The lowest BCUT2D eigenvalue weighted by atomic mass is 9.83. The molecule has 0 aliphatic heterocycles. The van der Waals surface area contributed by atoms with Crippen LogP contribution in [0, 0.1) is 5.92 Å². The Morgan fingerprint density at radius 1 is 1.23 bits per heavy atom. The van der Waals surface area contributed by atoms with Gasteiger partial charge in [0.25, 0.3) is 0 Å². The van der Waals surface area contributed by atoms with E-state index in [9.17, 15) is 0 Å². The first kappa shape index (κ1) is 9.26. The Hall–Kier alpha value is -0.300. The molecule has 1 unspecified atom stereocenters. The Kier molecular flexibility index (Phi) is 3.05. The number of halogens is 1. The fourth-order valence-corrected chi connectivity index (χ4v) is 2.82. The molecule has 1 aliphatic carbocycles. The van der Waals surface area contributed by atoms with Crippen LogP contribution in [0.4, 0.5) is 0 Å². The van der Waals surface area contributed by atoms with Crippen LogP contribution in [0.15, 0.2) is 24.3 Å². The molecule has 0 saturated carbocycles. The molecule has 1 aromatic carbocycles. The van der Waals surface area contributed by atoms with E-state index < -0.39 is 0 Å². The minimum absolute atomic E-state index is 0.911. The van der Waals surface area contributed by atoms with Crippen molar-refractivity contribution < 1.29 is 0 Å². The van der Waals surface area contributed by atoms with Gasteiger partial charge >= 0.3 is 0 Å². The van der Waals surface area contributed by atoms with Crippen molar-refractivity contribution in [2.45, 2.75) is 25.7 Å². The molecule has 0 N–H and O–H groups in total. The van der Waals surface area contributed by atoms with Gasteiger partial charge in [0.1, 0.15) is 0 Å². The maximum Gasteiger partial charge on any atom is 0.00340 e. The molecule has 70 valence electrons. The maximum atomic E-state index is 3.52. The fraction of sp³-hybridized carbons (Fsp3) is 0.500. The number of benzene rings is 1. The lowest BCUT2D eigenvalue weighted by Gasteiger charge is -2.23. The SMILES string of the molecule is BrCCC1CCc2ccccc2C1. The van der Waals surface area contributed by atoms with Crippen LogP contribution in [-0.2, 0) is 12.8 Å². The van der Waals surface area contributed by atoms with Crippen LogP contribution in [0.25, 0.3) is 0 Å². The van der Waals surface area contributed by atoms with E-state index in [4.69, 9.17) is 0 Å². The van der Waals surface area contributed by atoms with E-state index in [1.807, 2.05) is 0 Å². The van der Waals surface area contributed by atoms with Crippen LogP contribution in [0.3, 0.4) is 0 Å². The van der Waals surface area contributed by atoms with Crippen molar-refractivity contribution in [1.82, 2.24) is 0 Å². The maximum absolute atomic E-state index is 3.52. The Morgan fingerprint density at radius 2 is 2.00 bits per heavy atom. The van der Waals surface area contributed by atoms with E-state index >= 15 is 0 Å². The highest BCUT2D eigenvalue weighted by Gasteiger charge is 2.16. The highest BCUT2D eigenvalue weighted by molar-refractivity contribution is 9.09. The Labute approximate surface area is 88.5 Å². The summed E-state index contributed by atoms with van der Waals surface area (Å²) >= 11 is 3.52. The average molecular weight is 239 g/mol. The van der Waals surface area contributed by atoms with Crippen molar-refractivity contribution in [2.24, 2.45) is 5.92 Å². The molecular formula is C12H15Br. The molecule has 0 saturated heterocycles. The Bertz CT molecular complexity index is 280. The summed E-state index contributed by atoms with van der Waals surface area (Å²) in [6.45, 7) is 0. The molecule has 1 heteroatoms. The third-order valence-electron chi connectivity index (χ3n) is 2.97. The summed E-state index contributed by atoms with van der Waals surface area (Å²) in [7, 11) is 0. The Morgan fingerprint density at radius 3 is 2.77 bits per heavy atom. The highest BCUT2D eigenvalue weighted by atomic mass is 79.9. The van der Waals surface area contributed by atoms with Gasteiger partial charge in [-0.2, -0.15) is 0 Å². The molecule has 0 fully saturated rings. The first-order chi connectivity index (χ1) is 6.40. The van der Waals surface area contributed by atoms with Crippen LogP contribution in [0.5, 0.6) is 0 Å². The number of aryl methyl sites for hydroxylation is 1. The molecule has 0 spiro atoms. The van der Waals surface area contributed by atoms with Crippen molar-refractivity contribution in [1.29, 1.82) is 0 Å². The highest BCUT2D eigenvalue weighted by Crippen LogP contribution is 2.27. The summed E-state index contributed by atoms with van der Waals surface area (Å²) in [5, 5.41) is 1.15. The summed E-state index contributed by atoms with van der Waals surface area (Å²) in [6, 6.07) is 8.88. The molecule has 0 radical (unpaired) electrons. The summed E-state index contributed by atoms with van der Waals surface area (Å²) in [6.07, 6.45) is 5.28. The first-order valence-electron chi connectivity index (χ1n) is 5.03. The monoisotopic (exact) mass is 238 g/mol. The molecule has 0 aromatic heterocycles. The summed E-state index contributed by atoms with van der Waals surface area (Å²) in [5.41, 5.74) is 3.16. The van der Waals surface area contributed by atoms with Gasteiger partial charge in [-0.1, -0.05) is 40.2 Å². The van der Waals surface area contributed by atoms with E-state index in [0.717, 1.165) is 11.2 Å². The standard InChI is InChI=1S/C12H15Br/c13-8-7-10-5-6-11-3-1-2-4-12(11)9-10/h1-4,10H,5-9H2. The smallest absolute Gasteiger partial charge is 0.00340 e. The van der Waals surface area contributed by atoms with E-state index in [1.165, 1.54) is 25.7 Å². The van der Waals surface area contributed by atoms with Crippen molar-refractivity contribution in [3.63, 3.8) is 0 Å². The van der Waals surface area contributed by atoms with Crippen LogP contribution in [-0.4, -0.2) is 5.33 Å². The molecule has 1 atom stereocenters. The van der Waals surface area contributed by atoms with Gasteiger partial charge < -0.3 is 0 Å². The molecule has 0 amide bonds. The van der Waals surface area contributed by atoms with Gasteiger partial charge in [0.05, 0.1) is 0 Å². The molecule has 13 heavy (non-hydrogen) atoms. The lowest BCUT2D eigenvalue weighted by molar-refractivity contribution is 0.449. The summed E-state index contributed by atoms with van der Waals surface area (Å²) in [5.74, 6) is 0.911. The number of fused-ring (bicyclic) bond motifs is 1. The zero-order valence-electron chi connectivity index (χ0n) is 7.80. The molecule has 0 bridgehead atoms. The van der Waals surface area contributed by atoms with Gasteiger partial charge in [-0.15, -0.1) is 0 Å². The second kappa shape index (κ2) is 4.28. The van der Waals surface area contributed by atoms with Crippen molar-refractivity contribution in [2.75, 3.05) is 5.33 Å². The zero-order valence-corrected chi connectivity index (χ0v) is 9.39. The van der Waals surface area contributed by atoms with Gasteiger partial charge in [0.2, 0.25) is 0 Å². The fourth-order valence-electron chi connectivity index (χ4n) is 2.17. The number of hydrogen-bond acceptors (Lipinski definition) is 0. The van der Waals surface area contributed by atoms with Crippen molar-refractivity contribution >= 4 is 15.9 Å². The second-order valence-corrected chi connectivity index (χ2v) is 4.65. The molecule has 1 aromatic rings. The van der Waals surface area contributed by atoms with Crippen molar-refractivity contribution in [3.05, 3.63) is 35.4 Å². The number of hydrogen-bond donors (Lipinski definition) is 0. The van der Waals surface area contributed by atoms with Gasteiger partial charge in [-0.25, -0.2) is 0 Å². The quantitative estimate of drug-likeness (QED) is 0.692. The largest absolute Gasteiger partial charge is 0.0928 e. The van der Waals surface area contributed by atoms with Gasteiger partial charge in [0.15, 0.2) is 0 Å². The van der Waals surface area contributed by atoms with Gasteiger partial charge in [-0.05, 0) is 42.7 Å². The minimum atomic E-state index is 0.911. The molecular weight excluding hydrogens is 224 g/mol. The normalized spacial score (nSPS) is 21.2. The zero-order chi connectivity index (χ0) is 9.10. The van der Waals surface area contributed by atoms with Gasteiger partial charge in [0, 0.05) is 5.33 Å². The Balaban J connectivity index is 2.11. The average Bonchev–Trinajstić information content (AvgIpc) is 2.18. The summed E-state index contributed by atoms with van der Waals surface area (Å²) in [4.78, 5) is 0. The molecule has 0 heterocycles. The van der Waals surface area contributed by atoms with Crippen molar-refractivity contribution in [3.8, 4) is 0 Å². The third kappa shape index (κ3) is 2.14. The van der Waals surface area contributed by atoms with Crippen LogP contribution < -0.4 is 0 Å². The van der Waals surface area contributed by atoms with Gasteiger partial charge in [-0.3, -0.25) is 0 Å². The first-order valence-corrected chi connectivity index (χ1v) is 6.15. The minimum Gasteiger partial charge on any atom is -0.0928 e. The third-order valence-corrected chi connectivity index (χ3v) is 3.42. The van der Waals surface area contributed by atoms with E-state index in [2.05, 4.69) is 40.2 Å². The van der Waals surface area contributed by atoms with E-state index in [-0.39, 0.29) is 0 Å². The molecule has 0 nitrogen and oxygen atoms in total. The summed E-state index contributed by atoms with van der Waals surface area (Å²) < 4.78 is 0. The second-order valence-electron chi connectivity index (χ2n) is 3.86. The number of alkyl halides is 1. The van der Waals surface area contributed by atoms with Crippen LogP contribution in [0.1, 0.15) is 24.0 Å². The number of rotatable bonds is 2.